The summed E-state index contributed by atoms with van der Waals surface area (Å²) in [5.41, 5.74) is 0.981. The maximum Gasteiger partial charge on any atom is 0.125 e. The summed E-state index contributed by atoms with van der Waals surface area (Å²) in [5, 5.41) is 11.6. The highest BCUT2D eigenvalue weighted by Crippen LogP contribution is 2.15. The number of hydrogen-bond donors (Lipinski definition) is 1. The average molecular weight is 248 g/mol. The number of nitrogens with one attached hydrogen (secondary N) is 1. The zero-order valence-electron chi connectivity index (χ0n) is 11.2. The molecule has 0 aliphatic carbocycles. The third-order valence-electron chi connectivity index (χ3n) is 2.87. The van der Waals surface area contributed by atoms with Gasteiger partial charge in [0.15, 0.2) is 0 Å². The Hall–Kier alpha value is -1.69. The molecule has 0 spiro atoms. The summed E-state index contributed by atoms with van der Waals surface area (Å²) in [6.07, 6.45) is 7.64. The van der Waals surface area contributed by atoms with E-state index < -0.39 is 0 Å². The molecule has 2 heterocycles. The van der Waals surface area contributed by atoms with Crippen molar-refractivity contribution >= 4 is 0 Å². The summed E-state index contributed by atoms with van der Waals surface area (Å²) in [6, 6.07) is 0.182. The number of aryl methyl sites for hydroxylation is 2. The van der Waals surface area contributed by atoms with Gasteiger partial charge in [0.25, 0.3) is 0 Å². The van der Waals surface area contributed by atoms with Gasteiger partial charge in [0.05, 0.1) is 11.7 Å². The lowest BCUT2D eigenvalue weighted by molar-refractivity contribution is 0.487. The largest absolute Gasteiger partial charge is 0.337 e. The maximum absolute atomic E-state index is 4.42. The second-order valence-electron chi connectivity index (χ2n) is 4.49. The molecule has 6 nitrogen and oxygen atoms in total. The Morgan fingerprint density at radius 2 is 2.22 bits per heavy atom. The molecule has 0 saturated carbocycles. The number of rotatable bonds is 6. The van der Waals surface area contributed by atoms with E-state index >= 15 is 0 Å². The first kappa shape index (κ1) is 12.8. The fraction of sp³-hybridized carbons (Fsp3) is 0.583. The second kappa shape index (κ2) is 5.77. The Kier molecular flexibility index (Phi) is 4.09. The van der Waals surface area contributed by atoms with Crippen molar-refractivity contribution in [2.24, 2.45) is 14.1 Å². The monoisotopic (exact) mass is 248 g/mol. The van der Waals surface area contributed by atoms with Crippen LogP contribution in [0, 0.1) is 0 Å². The Balaban J connectivity index is 2.12. The summed E-state index contributed by atoms with van der Waals surface area (Å²) in [4.78, 5) is 4.42. The van der Waals surface area contributed by atoms with E-state index in [1.54, 1.807) is 4.68 Å². The highest BCUT2D eigenvalue weighted by atomic mass is 15.4. The zero-order chi connectivity index (χ0) is 13.0. The van der Waals surface area contributed by atoms with Crippen LogP contribution in [0.15, 0.2) is 18.6 Å². The van der Waals surface area contributed by atoms with Crippen LogP contribution in [0.3, 0.4) is 0 Å². The predicted molar refractivity (Wildman–Crippen MR) is 68.9 cm³/mol. The minimum Gasteiger partial charge on any atom is -0.337 e. The van der Waals surface area contributed by atoms with Gasteiger partial charge in [0.2, 0.25) is 0 Å². The minimum atomic E-state index is 0.182. The lowest BCUT2D eigenvalue weighted by Gasteiger charge is -2.17. The molecule has 0 fully saturated rings. The molecule has 0 aliphatic rings. The Morgan fingerprint density at radius 1 is 1.39 bits per heavy atom. The van der Waals surface area contributed by atoms with Gasteiger partial charge in [-0.25, -0.2) is 4.98 Å². The van der Waals surface area contributed by atoms with Gasteiger partial charge in [-0.2, -0.15) is 0 Å². The van der Waals surface area contributed by atoms with E-state index in [1.165, 1.54) is 0 Å². The molecular weight excluding hydrogens is 228 g/mol. The zero-order valence-corrected chi connectivity index (χ0v) is 11.2. The van der Waals surface area contributed by atoms with Gasteiger partial charge < -0.3 is 9.88 Å². The fourth-order valence-corrected chi connectivity index (χ4v) is 1.98. The number of aromatic nitrogens is 5. The maximum atomic E-state index is 4.42. The minimum absolute atomic E-state index is 0.182. The molecule has 1 N–H and O–H groups in total. The Labute approximate surface area is 107 Å². The molecule has 2 aromatic rings. The van der Waals surface area contributed by atoms with Crippen molar-refractivity contribution in [3.8, 4) is 0 Å². The molecule has 0 bridgehead atoms. The molecule has 0 amide bonds. The molecule has 1 atom stereocenters. The third-order valence-corrected chi connectivity index (χ3v) is 2.87. The lowest BCUT2D eigenvalue weighted by Crippen LogP contribution is -2.26. The van der Waals surface area contributed by atoms with E-state index in [0.29, 0.717) is 0 Å². The topological polar surface area (TPSA) is 60.6 Å². The van der Waals surface area contributed by atoms with E-state index in [2.05, 4.69) is 27.5 Å². The number of nitrogens with zero attached hydrogens (tertiary/aromatic N) is 5. The Bertz CT molecular complexity index is 486. The van der Waals surface area contributed by atoms with Gasteiger partial charge >= 0.3 is 0 Å². The van der Waals surface area contributed by atoms with Crippen molar-refractivity contribution in [2.75, 3.05) is 6.54 Å². The van der Waals surface area contributed by atoms with Gasteiger partial charge in [-0.15, -0.1) is 5.10 Å². The SMILES string of the molecule is CCCNC(Cc1cn(C)nn1)c1nccn1C. The van der Waals surface area contributed by atoms with Crippen LogP contribution in [0.1, 0.15) is 30.9 Å². The van der Waals surface area contributed by atoms with Crippen molar-refractivity contribution in [3.63, 3.8) is 0 Å². The van der Waals surface area contributed by atoms with Crippen LogP contribution < -0.4 is 5.32 Å². The lowest BCUT2D eigenvalue weighted by atomic mass is 10.1. The summed E-state index contributed by atoms with van der Waals surface area (Å²) in [6.45, 7) is 3.13. The second-order valence-corrected chi connectivity index (χ2v) is 4.49. The number of hydrogen-bond acceptors (Lipinski definition) is 4. The van der Waals surface area contributed by atoms with E-state index in [-0.39, 0.29) is 6.04 Å². The Morgan fingerprint density at radius 3 is 2.78 bits per heavy atom. The van der Waals surface area contributed by atoms with Crippen molar-refractivity contribution in [3.05, 3.63) is 30.1 Å². The first-order valence-electron chi connectivity index (χ1n) is 6.26. The summed E-state index contributed by atoms with van der Waals surface area (Å²) >= 11 is 0. The first-order chi connectivity index (χ1) is 8.70. The van der Waals surface area contributed by atoms with Gasteiger partial charge in [-0.05, 0) is 13.0 Å². The van der Waals surface area contributed by atoms with Gasteiger partial charge in [-0.3, -0.25) is 4.68 Å². The quantitative estimate of drug-likeness (QED) is 0.822. The molecule has 2 aromatic heterocycles. The molecule has 0 saturated heterocycles. The number of imidazole rings is 1. The standard InChI is InChI=1S/C12H20N6/c1-4-5-13-11(12-14-6-7-17(12)2)8-10-9-18(3)16-15-10/h6-7,9,11,13H,4-5,8H2,1-3H3. The molecule has 1 unspecified atom stereocenters. The summed E-state index contributed by atoms with van der Waals surface area (Å²) < 4.78 is 3.77. The highest BCUT2D eigenvalue weighted by Gasteiger charge is 2.17. The van der Waals surface area contributed by atoms with Gasteiger partial charge in [-0.1, -0.05) is 12.1 Å². The van der Waals surface area contributed by atoms with Crippen LogP contribution in [0.25, 0.3) is 0 Å². The molecular formula is C12H20N6. The van der Waals surface area contributed by atoms with E-state index in [1.807, 2.05) is 37.3 Å². The van der Waals surface area contributed by atoms with Crippen LogP contribution in [-0.4, -0.2) is 31.1 Å². The predicted octanol–water partition coefficient (Wildman–Crippen LogP) is 0.832. The van der Waals surface area contributed by atoms with Crippen molar-refractivity contribution in [2.45, 2.75) is 25.8 Å². The van der Waals surface area contributed by atoms with E-state index in [9.17, 15) is 0 Å². The smallest absolute Gasteiger partial charge is 0.125 e. The fourth-order valence-electron chi connectivity index (χ4n) is 1.98. The molecule has 0 radical (unpaired) electrons. The third kappa shape index (κ3) is 2.95. The molecule has 6 heteroatoms. The summed E-state index contributed by atoms with van der Waals surface area (Å²) in [5.74, 6) is 1.04. The molecule has 0 aliphatic heterocycles. The van der Waals surface area contributed by atoms with Crippen LogP contribution in [0.2, 0.25) is 0 Å². The van der Waals surface area contributed by atoms with Crippen molar-refractivity contribution in [1.29, 1.82) is 0 Å². The van der Waals surface area contributed by atoms with E-state index in [0.717, 1.165) is 30.9 Å². The normalized spacial score (nSPS) is 12.8. The average Bonchev–Trinajstić information content (AvgIpc) is 2.93. The summed E-state index contributed by atoms with van der Waals surface area (Å²) in [7, 11) is 3.89. The van der Waals surface area contributed by atoms with Crippen LogP contribution >= 0.6 is 0 Å². The molecule has 2 rings (SSSR count). The van der Waals surface area contributed by atoms with Crippen molar-refractivity contribution < 1.29 is 0 Å². The molecule has 0 aromatic carbocycles. The molecule has 18 heavy (non-hydrogen) atoms. The van der Waals surface area contributed by atoms with Crippen LogP contribution in [0.4, 0.5) is 0 Å². The first-order valence-corrected chi connectivity index (χ1v) is 6.26. The van der Waals surface area contributed by atoms with Gasteiger partial charge in [0, 0.05) is 39.1 Å². The van der Waals surface area contributed by atoms with Crippen LogP contribution in [-0.2, 0) is 20.5 Å². The highest BCUT2D eigenvalue weighted by molar-refractivity contribution is 5.05. The van der Waals surface area contributed by atoms with Crippen LogP contribution in [0.5, 0.6) is 0 Å². The van der Waals surface area contributed by atoms with Gasteiger partial charge in [0.1, 0.15) is 5.82 Å². The van der Waals surface area contributed by atoms with E-state index in [4.69, 9.17) is 0 Å². The molecule has 98 valence electrons. The van der Waals surface area contributed by atoms with Crippen molar-refractivity contribution in [1.82, 2.24) is 29.9 Å².